The molecule has 0 spiro atoms. The van der Waals surface area contributed by atoms with Gasteiger partial charge < -0.3 is 15.4 Å². The molecule has 3 aliphatic rings. The Labute approximate surface area is 194 Å². The number of guanidine groups is 1. The van der Waals surface area contributed by atoms with Crippen LogP contribution >= 0.6 is 24.0 Å². The number of ether oxygens (including phenoxy) is 1. The number of carbonyl (C=O) groups is 2. The van der Waals surface area contributed by atoms with Gasteiger partial charge in [-0.05, 0) is 36.3 Å². The number of rotatable bonds is 7. The van der Waals surface area contributed by atoms with E-state index in [0.29, 0.717) is 25.6 Å². The molecule has 7 nitrogen and oxygen atoms in total. The molecule has 8 heteroatoms. The predicted molar refractivity (Wildman–Crippen MR) is 126 cm³/mol. The molecule has 2 aliphatic carbocycles. The summed E-state index contributed by atoms with van der Waals surface area (Å²) in [6.07, 6.45) is 5.99. The van der Waals surface area contributed by atoms with Crippen LogP contribution in [0.3, 0.4) is 0 Å². The van der Waals surface area contributed by atoms with Crippen molar-refractivity contribution in [1.29, 1.82) is 0 Å². The van der Waals surface area contributed by atoms with E-state index in [-0.39, 0.29) is 59.5 Å². The Morgan fingerprint density at radius 3 is 2.37 bits per heavy atom. The predicted octanol–water partition coefficient (Wildman–Crippen LogP) is 1.83. The van der Waals surface area contributed by atoms with Crippen molar-refractivity contribution in [3.8, 4) is 5.75 Å². The van der Waals surface area contributed by atoms with Crippen LogP contribution in [0.5, 0.6) is 5.75 Å². The van der Waals surface area contributed by atoms with Gasteiger partial charge in [0.2, 0.25) is 11.8 Å². The first-order valence-corrected chi connectivity index (χ1v) is 10.2. The highest BCUT2D eigenvalue weighted by Gasteiger charge is 2.58. The van der Waals surface area contributed by atoms with Crippen molar-refractivity contribution < 1.29 is 14.3 Å². The third-order valence-corrected chi connectivity index (χ3v) is 6.29. The Morgan fingerprint density at radius 1 is 1.10 bits per heavy atom. The van der Waals surface area contributed by atoms with Crippen LogP contribution in [0.4, 0.5) is 0 Å². The Kier molecular flexibility index (Phi) is 7.38. The normalized spacial score (nSPS) is 26.6. The largest absolute Gasteiger partial charge is 0.496 e. The summed E-state index contributed by atoms with van der Waals surface area (Å²) in [6.45, 7) is 1.55. The lowest BCUT2D eigenvalue weighted by molar-refractivity contribution is -0.140. The number of carbonyl (C=O) groups excluding carboxylic acids is 2. The standard InChI is InChI=1S/C22H28N4O3.HI/c1-23-22(24-10-9-14-5-3-4-6-17(14)29-2)25-11-12-26-20(27)18-15-7-8-16(13-15)19(18)21(26)28;/h3-8,15-16,18-19H,9-13H2,1-2H3,(H2,23,24,25);1H. The smallest absolute Gasteiger partial charge is 0.233 e. The number of nitrogens with one attached hydrogen (secondary N) is 2. The van der Waals surface area contributed by atoms with Crippen molar-refractivity contribution in [2.24, 2.45) is 28.7 Å². The molecule has 1 aromatic rings. The second-order valence-electron chi connectivity index (χ2n) is 7.82. The van der Waals surface area contributed by atoms with Crippen LogP contribution in [-0.2, 0) is 16.0 Å². The average molecular weight is 524 g/mol. The molecule has 0 radical (unpaired) electrons. The molecule has 2 fully saturated rings. The zero-order valence-corrected chi connectivity index (χ0v) is 19.7. The van der Waals surface area contributed by atoms with Gasteiger partial charge in [0.25, 0.3) is 0 Å². The van der Waals surface area contributed by atoms with Crippen molar-refractivity contribution in [1.82, 2.24) is 15.5 Å². The summed E-state index contributed by atoms with van der Waals surface area (Å²) in [6, 6.07) is 7.93. The fraction of sp³-hybridized carbons (Fsp3) is 0.500. The van der Waals surface area contributed by atoms with Crippen molar-refractivity contribution >= 4 is 41.8 Å². The van der Waals surface area contributed by atoms with Crippen molar-refractivity contribution in [3.05, 3.63) is 42.0 Å². The zero-order chi connectivity index (χ0) is 20.4. The number of allylic oxidation sites excluding steroid dienone is 2. The molecule has 1 saturated carbocycles. The highest BCUT2D eigenvalue weighted by Crippen LogP contribution is 2.52. The number of likely N-dealkylation sites (tertiary alicyclic amines) is 1. The minimum atomic E-state index is -0.129. The van der Waals surface area contributed by atoms with Crippen LogP contribution in [0, 0.1) is 23.7 Å². The van der Waals surface area contributed by atoms with E-state index in [1.807, 2.05) is 24.3 Å². The molecule has 1 heterocycles. The number of hydrogen-bond donors (Lipinski definition) is 2. The molecule has 1 saturated heterocycles. The summed E-state index contributed by atoms with van der Waals surface area (Å²) < 4.78 is 5.37. The number of para-hydroxylation sites is 1. The average Bonchev–Trinajstić information content (AvgIpc) is 3.42. The van der Waals surface area contributed by atoms with Crippen LogP contribution < -0.4 is 15.4 Å². The van der Waals surface area contributed by atoms with Gasteiger partial charge in [0.1, 0.15) is 5.75 Å². The molecule has 1 aliphatic heterocycles. The first-order valence-electron chi connectivity index (χ1n) is 10.2. The van der Waals surface area contributed by atoms with Crippen LogP contribution in [0.25, 0.3) is 0 Å². The van der Waals surface area contributed by atoms with Crippen LogP contribution in [0.2, 0.25) is 0 Å². The third kappa shape index (κ3) is 4.19. The SMILES string of the molecule is CN=C(NCCc1ccccc1OC)NCCN1C(=O)C2C3C=CC(C3)C2C1=O.I. The molecule has 30 heavy (non-hydrogen) atoms. The van der Waals surface area contributed by atoms with Crippen molar-refractivity contribution in [2.45, 2.75) is 12.8 Å². The lowest BCUT2D eigenvalue weighted by Crippen LogP contribution is -2.44. The van der Waals surface area contributed by atoms with Gasteiger partial charge in [-0.3, -0.25) is 19.5 Å². The number of halogens is 1. The number of nitrogens with zero attached hydrogens (tertiary/aromatic N) is 2. The lowest BCUT2D eigenvalue weighted by atomic mass is 9.85. The van der Waals surface area contributed by atoms with Crippen LogP contribution in [0.15, 0.2) is 41.4 Å². The maximum absolute atomic E-state index is 12.7. The van der Waals surface area contributed by atoms with E-state index in [1.165, 1.54) is 4.90 Å². The number of methoxy groups -OCH3 is 1. The van der Waals surface area contributed by atoms with E-state index in [9.17, 15) is 9.59 Å². The number of imide groups is 1. The van der Waals surface area contributed by atoms with E-state index in [4.69, 9.17) is 4.74 Å². The first-order chi connectivity index (χ1) is 14.1. The third-order valence-electron chi connectivity index (χ3n) is 6.29. The van der Waals surface area contributed by atoms with Crippen LogP contribution in [0.1, 0.15) is 12.0 Å². The van der Waals surface area contributed by atoms with Gasteiger partial charge in [0, 0.05) is 26.7 Å². The van der Waals surface area contributed by atoms with Gasteiger partial charge in [0.05, 0.1) is 18.9 Å². The van der Waals surface area contributed by atoms with Gasteiger partial charge in [-0.25, -0.2) is 0 Å². The van der Waals surface area contributed by atoms with E-state index in [0.717, 1.165) is 24.2 Å². The first kappa shape index (κ1) is 22.6. The number of fused-ring (bicyclic) bond motifs is 5. The quantitative estimate of drug-likeness (QED) is 0.187. The molecular weight excluding hydrogens is 495 g/mol. The summed E-state index contributed by atoms with van der Waals surface area (Å²) in [5.41, 5.74) is 1.13. The van der Waals surface area contributed by atoms with E-state index >= 15 is 0 Å². The highest BCUT2D eigenvalue weighted by molar-refractivity contribution is 14.0. The second-order valence-corrected chi connectivity index (χ2v) is 7.82. The van der Waals surface area contributed by atoms with E-state index < -0.39 is 0 Å². The highest BCUT2D eigenvalue weighted by atomic mass is 127. The molecule has 4 atom stereocenters. The zero-order valence-electron chi connectivity index (χ0n) is 17.3. The van der Waals surface area contributed by atoms with Crippen molar-refractivity contribution in [3.63, 3.8) is 0 Å². The summed E-state index contributed by atoms with van der Waals surface area (Å²) >= 11 is 0. The van der Waals surface area contributed by atoms with Gasteiger partial charge in [-0.2, -0.15) is 0 Å². The topological polar surface area (TPSA) is 83.0 Å². The molecule has 0 aromatic heterocycles. The van der Waals surface area contributed by atoms with Gasteiger partial charge >= 0.3 is 0 Å². The van der Waals surface area contributed by atoms with Gasteiger partial charge in [-0.1, -0.05) is 30.4 Å². The summed E-state index contributed by atoms with van der Waals surface area (Å²) in [7, 11) is 3.38. The molecule has 2 bridgehead atoms. The number of amides is 2. The number of aliphatic imine (C=N–C) groups is 1. The maximum Gasteiger partial charge on any atom is 0.233 e. The number of benzene rings is 1. The Bertz CT molecular complexity index is 827. The lowest BCUT2D eigenvalue weighted by Gasteiger charge is -2.18. The Hall–Kier alpha value is -2.10. The molecule has 4 unspecified atom stereocenters. The van der Waals surface area contributed by atoms with E-state index in [2.05, 4.69) is 27.8 Å². The summed E-state index contributed by atoms with van der Waals surface area (Å²) in [5, 5.41) is 6.47. The minimum Gasteiger partial charge on any atom is -0.496 e. The monoisotopic (exact) mass is 524 g/mol. The van der Waals surface area contributed by atoms with Crippen LogP contribution in [-0.4, -0.2) is 56.5 Å². The molecule has 4 rings (SSSR count). The fourth-order valence-corrected chi connectivity index (χ4v) is 4.92. The minimum absolute atomic E-state index is 0. The summed E-state index contributed by atoms with van der Waals surface area (Å²) in [4.78, 5) is 31.1. The molecule has 162 valence electrons. The molecule has 1 aromatic carbocycles. The number of hydrogen-bond acceptors (Lipinski definition) is 4. The van der Waals surface area contributed by atoms with Crippen molar-refractivity contribution in [2.75, 3.05) is 33.8 Å². The van der Waals surface area contributed by atoms with Gasteiger partial charge in [-0.15, -0.1) is 24.0 Å². The molecular formula is C22H29IN4O3. The van der Waals surface area contributed by atoms with Gasteiger partial charge in [0.15, 0.2) is 5.96 Å². The molecule has 2 amide bonds. The van der Waals surface area contributed by atoms with E-state index in [1.54, 1.807) is 14.2 Å². The fourth-order valence-electron chi connectivity index (χ4n) is 4.92. The second kappa shape index (κ2) is 9.80. The Morgan fingerprint density at radius 2 is 1.73 bits per heavy atom. The maximum atomic E-state index is 12.7. The molecule has 2 N–H and O–H groups in total. The Balaban J connectivity index is 0.00000256. The summed E-state index contributed by atoms with van der Waals surface area (Å²) in [5.74, 6) is 1.77.